The lowest BCUT2D eigenvalue weighted by Gasteiger charge is -2.41. The Bertz CT molecular complexity index is 807. The molecule has 1 aliphatic heterocycles. The van der Waals surface area contributed by atoms with Crippen molar-refractivity contribution in [1.82, 2.24) is 19.8 Å². The summed E-state index contributed by atoms with van der Waals surface area (Å²) in [6.45, 7) is 12.9. The monoisotopic (exact) mass is 567 g/mol. The van der Waals surface area contributed by atoms with Crippen molar-refractivity contribution in [3.8, 4) is 0 Å². The molecule has 1 aliphatic rings. The number of rotatable bonds is 8. The van der Waals surface area contributed by atoms with Crippen LogP contribution < -0.4 is 10.6 Å². The van der Waals surface area contributed by atoms with Crippen LogP contribution in [0.1, 0.15) is 33.3 Å². The minimum absolute atomic E-state index is 0. The summed E-state index contributed by atoms with van der Waals surface area (Å²) in [7, 11) is -0.118. The highest BCUT2D eigenvalue weighted by molar-refractivity contribution is 14.0. The van der Waals surface area contributed by atoms with Crippen molar-refractivity contribution in [2.24, 2.45) is 4.99 Å². The maximum absolute atomic E-state index is 12.6. The number of sulfonamides is 1. The number of halogens is 1. The normalized spacial score (nSPS) is 16.3. The highest BCUT2D eigenvalue weighted by Crippen LogP contribution is 2.17. The van der Waals surface area contributed by atoms with Gasteiger partial charge >= 0.3 is 0 Å². The van der Waals surface area contributed by atoms with Crippen molar-refractivity contribution in [2.45, 2.75) is 50.7 Å². The number of nitrogens with zero attached hydrogens (tertiary/aromatic N) is 3. The van der Waals surface area contributed by atoms with Crippen molar-refractivity contribution >= 4 is 40.0 Å². The summed E-state index contributed by atoms with van der Waals surface area (Å²) in [5, 5.41) is 6.69. The largest absolute Gasteiger partial charge is 0.379 e. The molecule has 2 rings (SSSR count). The molecule has 0 saturated carbocycles. The second kappa shape index (κ2) is 12.3. The number of guanidine groups is 1. The third-order valence-corrected chi connectivity index (χ3v) is 7.61. The molecule has 31 heavy (non-hydrogen) atoms. The highest BCUT2D eigenvalue weighted by atomic mass is 127. The first kappa shape index (κ1) is 28.1. The number of hydrogen-bond acceptors (Lipinski definition) is 5. The Morgan fingerprint density at radius 3 is 2.29 bits per heavy atom. The SMILES string of the molecule is CN=C(NCc1ccc(S(=O)(=O)N(C)C(C)C)cc1)NCC(C)(C)N1CCOCC1.I. The molecular formula is C21H38IN5O3S. The quantitative estimate of drug-likeness (QED) is 0.285. The van der Waals surface area contributed by atoms with Crippen molar-refractivity contribution in [3.05, 3.63) is 29.8 Å². The molecule has 8 nitrogen and oxygen atoms in total. The Hall–Kier alpha value is -0.950. The van der Waals surface area contributed by atoms with Crippen LogP contribution in [0.3, 0.4) is 0 Å². The van der Waals surface area contributed by atoms with Crippen molar-refractivity contribution in [3.63, 3.8) is 0 Å². The van der Waals surface area contributed by atoms with E-state index in [0.29, 0.717) is 17.4 Å². The molecule has 0 aliphatic carbocycles. The van der Waals surface area contributed by atoms with E-state index in [1.807, 2.05) is 26.0 Å². The lowest BCUT2D eigenvalue weighted by molar-refractivity contribution is -0.00834. The molecule has 0 spiro atoms. The zero-order chi connectivity index (χ0) is 22.4. The fourth-order valence-electron chi connectivity index (χ4n) is 3.21. The third-order valence-electron chi connectivity index (χ3n) is 5.57. The molecule has 0 bridgehead atoms. The zero-order valence-corrected chi connectivity index (χ0v) is 22.7. The Labute approximate surface area is 204 Å². The Morgan fingerprint density at radius 2 is 1.77 bits per heavy atom. The molecule has 1 heterocycles. The lowest BCUT2D eigenvalue weighted by Crippen LogP contribution is -2.56. The summed E-state index contributed by atoms with van der Waals surface area (Å²) in [5.41, 5.74) is 0.969. The van der Waals surface area contributed by atoms with E-state index < -0.39 is 10.0 Å². The average Bonchev–Trinajstić information content (AvgIpc) is 2.74. The molecule has 1 saturated heterocycles. The number of ether oxygens (including phenoxy) is 1. The van der Waals surface area contributed by atoms with Crippen LogP contribution in [0.25, 0.3) is 0 Å². The number of nitrogens with one attached hydrogen (secondary N) is 2. The summed E-state index contributed by atoms with van der Waals surface area (Å²) in [6, 6.07) is 6.89. The van der Waals surface area contributed by atoms with Crippen LogP contribution in [0.2, 0.25) is 0 Å². The van der Waals surface area contributed by atoms with Crippen LogP contribution in [0.4, 0.5) is 0 Å². The van der Waals surface area contributed by atoms with Gasteiger partial charge in [-0.15, -0.1) is 24.0 Å². The molecule has 1 aromatic carbocycles. The van der Waals surface area contributed by atoms with Crippen LogP contribution in [0.15, 0.2) is 34.2 Å². The third kappa shape index (κ3) is 7.85. The fourth-order valence-corrected chi connectivity index (χ4v) is 4.58. The fraction of sp³-hybridized carbons (Fsp3) is 0.667. The predicted octanol–water partition coefficient (Wildman–Crippen LogP) is 2.11. The van der Waals surface area contributed by atoms with Gasteiger partial charge in [-0.1, -0.05) is 12.1 Å². The minimum atomic E-state index is -3.46. The van der Waals surface area contributed by atoms with Gasteiger partial charge in [0.1, 0.15) is 0 Å². The van der Waals surface area contributed by atoms with E-state index in [-0.39, 0.29) is 35.6 Å². The lowest BCUT2D eigenvalue weighted by atomic mass is 10.0. The number of benzene rings is 1. The number of morpholine rings is 1. The molecule has 0 aromatic heterocycles. The van der Waals surface area contributed by atoms with Crippen LogP contribution in [-0.2, 0) is 21.3 Å². The first-order valence-corrected chi connectivity index (χ1v) is 11.9. The van der Waals surface area contributed by atoms with Crippen molar-refractivity contribution in [1.29, 1.82) is 0 Å². The van der Waals surface area contributed by atoms with Gasteiger partial charge in [-0.2, -0.15) is 4.31 Å². The van der Waals surface area contributed by atoms with E-state index in [1.165, 1.54) is 4.31 Å². The first-order chi connectivity index (χ1) is 14.1. The molecule has 1 fully saturated rings. The molecule has 1 aromatic rings. The van der Waals surface area contributed by atoms with E-state index in [9.17, 15) is 8.42 Å². The van der Waals surface area contributed by atoms with E-state index in [0.717, 1.165) is 38.4 Å². The van der Waals surface area contributed by atoms with Gasteiger partial charge < -0.3 is 15.4 Å². The standard InChI is InChI=1S/C21H37N5O3S.HI/c1-17(2)25(6)30(27,28)19-9-7-18(8-10-19)15-23-20(22-5)24-16-21(3,4)26-11-13-29-14-12-26;/h7-10,17H,11-16H2,1-6H3,(H2,22,23,24);1H. The van der Waals surface area contributed by atoms with Gasteiger partial charge in [-0.3, -0.25) is 9.89 Å². The summed E-state index contributed by atoms with van der Waals surface area (Å²) >= 11 is 0. The molecule has 10 heteroatoms. The van der Waals surface area contributed by atoms with E-state index in [1.54, 1.807) is 26.2 Å². The summed E-state index contributed by atoms with van der Waals surface area (Å²) < 4.78 is 32.0. The highest BCUT2D eigenvalue weighted by Gasteiger charge is 2.28. The van der Waals surface area contributed by atoms with Crippen LogP contribution in [0, 0.1) is 0 Å². The molecule has 0 atom stereocenters. The smallest absolute Gasteiger partial charge is 0.243 e. The molecule has 0 unspecified atom stereocenters. The first-order valence-electron chi connectivity index (χ1n) is 10.4. The molecule has 178 valence electrons. The topological polar surface area (TPSA) is 86.3 Å². The summed E-state index contributed by atoms with van der Waals surface area (Å²) in [5.74, 6) is 0.715. The Kier molecular flexibility index (Phi) is 11.2. The van der Waals surface area contributed by atoms with Gasteiger partial charge in [0.15, 0.2) is 5.96 Å². The second-order valence-electron chi connectivity index (χ2n) is 8.45. The van der Waals surface area contributed by atoms with Gasteiger partial charge in [-0.25, -0.2) is 8.42 Å². The summed E-state index contributed by atoms with van der Waals surface area (Å²) in [6.07, 6.45) is 0. The Balaban J connectivity index is 0.00000480. The molecule has 0 amide bonds. The van der Waals surface area contributed by atoms with Crippen molar-refractivity contribution in [2.75, 3.05) is 46.9 Å². The van der Waals surface area contributed by atoms with E-state index in [2.05, 4.69) is 34.4 Å². The second-order valence-corrected chi connectivity index (χ2v) is 10.4. The minimum Gasteiger partial charge on any atom is -0.379 e. The van der Waals surface area contributed by atoms with Crippen LogP contribution in [-0.4, -0.2) is 82.1 Å². The molecule has 2 N–H and O–H groups in total. The van der Waals surface area contributed by atoms with Gasteiger partial charge in [-0.05, 0) is 45.4 Å². The number of hydrogen-bond donors (Lipinski definition) is 2. The van der Waals surface area contributed by atoms with E-state index >= 15 is 0 Å². The Morgan fingerprint density at radius 1 is 1.19 bits per heavy atom. The van der Waals surface area contributed by atoms with E-state index in [4.69, 9.17) is 4.74 Å². The van der Waals surface area contributed by atoms with Crippen molar-refractivity contribution < 1.29 is 13.2 Å². The zero-order valence-electron chi connectivity index (χ0n) is 19.5. The van der Waals surface area contributed by atoms with Gasteiger partial charge in [0.25, 0.3) is 0 Å². The average molecular weight is 568 g/mol. The maximum atomic E-state index is 12.6. The van der Waals surface area contributed by atoms with Gasteiger partial charge in [0.2, 0.25) is 10.0 Å². The number of aliphatic imine (C=N–C) groups is 1. The van der Waals surface area contributed by atoms with Crippen LogP contribution in [0.5, 0.6) is 0 Å². The molecular weight excluding hydrogens is 529 g/mol. The van der Waals surface area contributed by atoms with Gasteiger partial charge in [0, 0.05) is 51.9 Å². The molecule has 0 radical (unpaired) electrons. The van der Waals surface area contributed by atoms with Crippen LogP contribution >= 0.6 is 24.0 Å². The van der Waals surface area contributed by atoms with Gasteiger partial charge in [0.05, 0.1) is 18.1 Å². The summed E-state index contributed by atoms with van der Waals surface area (Å²) in [4.78, 5) is 7.02. The maximum Gasteiger partial charge on any atom is 0.243 e. The predicted molar refractivity (Wildman–Crippen MR) is 137 cm³/mol.